The van der Waals surface area contributed by atoms with Crippen LogP contribution in [0.3, 0.4) is 0 Å². The van der Waals surface area contributed by atoms with E-state index in [1.807, 2.05) is 6.07 Å². The Labute approximate surface area is 160 Å². The predicted octanol–water partition coefficient (Wildman–Crippen LogP) is 2.90. The van der Waals surface area contributed by atoms with Gasteiger partial charge in [0.1, 0.15) is 23.6 Å². The monoisotopic (exact) mass is 382 g/mol. The first-order valence-electron chi connectivity index (χ1n) is 7.78. The Balaban J connectivity index is 2.21. The molecule has 0 saturated carbocycles. The molecule has 1 unspecified atom stereocenters. The molecule has 0 radical (unpaired) electrons. The lowest BCUT2D eigenvalue weighted by Crippen LogP contribution is -2.46. The lowest BCUT2D eigenvalue weighted by atomic mass is 10.1. The van der Waals surface area contributed by atoms with Gasteiger partial charge in [0.2, 0.25) is 0 Å². The van der Waals surface area contributed by atoms with E-state index in [1.54, 1.807) is 35.2 Å². The van der Waals surface area contributed by atoms with Gasteiger partial charge in [-0.2, -0.15) is 5.26 Å². The van der Waals surface area contributed by atoms with Crippen LogP contribution in [0.5, 0.6) is 5.75 Å². The highest BCUT2D eigenvalue weighted by molar-refractivity contribution is 7.84. The number of thiol groups is 1. The number of nitrogens with zero attached hydrogens (tertiary/aromatic N) is 3. The van der Waals surface area contributed by atoms with Gasteiger partial charge in [-0.15, -0.1) is 12.6 Å². The number of nitro benzene ring substituents is 1. The van der Waals surface area contributed by atoms with Crippen LogP contribution in [0.4, 0.5) is 11.4 Å². The van der Waals surface area contributed by atoms with E-state index in [0.717, 1.165) is 0 Å². The molecule has 0 aliphatic carbocycles. The normalized spacial score (nSPS) is 16.6. The molecule has 1 N–H and O–H groups in total. The van der Waals surface area contributed by atoms with Crippen LogP contribution in [-0.2, 0) is 4.79 Å². The van der Waals surface area contributed by atoms with Gasteiger partial charge in [-0.1, -0.05) is 24.3 Å². The summed E-state index contributed by atoms with van der Waals surface area (Å²) in [5, 5.41) is 23.3. The summed E-state index contributed by atoms with van der Waals surface area (Å²) in [6.45, 7) is 0. The van der Waals surface area contributed by atoms with Crippen molar-refractivity contribution < 1.29 is 14.5 Å². The molecule has 0 spiro atoms. The van der Waals surface area contributed by atoms with Gasteiger partial charge in [0.25, 0.3) is 11.6 Å². The number of hydrogen-bond donors (Lipinski definition) is 2. The van der Waals surface area contributed by atoms with Crippen molar-refractivity contribution in [3.63, 3.8) is 0 Å². The molecule has 8 nitrogen and oxygen atoms in total. The number of non-ortho nitro benzene ring substituents is 1. The molecule has 0 saturated heterocycles. The first-order chi connectivity index (χ1) is 13.0. The van der Waals surface area contributed by atoms with Crippen molar-refractivity contribution in [1.29, 1.82) is 5.26 Å². The van der Waals surface area contributed by atoms with E-state index in [2.05, 4.69) is 17.9 Å². The molecular weight excluding hydrogens is 368 g/mol. The average molecular weight is 382 g/mol. The van der Waals surface area contributed by atoms with E-state index >= 15 is 0 Å². The summed E-state index contributed by atoms with van der Waals surface area (Å²) in [4.78, 5) is 24.6. The minimum atomic E-state index is -0.807. The second-order valence-electron chi connectivity index (χ2n) is 5.58. The maximum absolute atomic E-state index is 12.3. The van der Waals surface area contributed by atoms with Crippen molar-refractivity contribution in [2.45, 2.75) is 6.17 Å². The number of benzene rings is 2. The molecule has 9 heteroatoms. The maximum Gasteiger partial charge on any atom is 0.269 e. The van der Waals surface area contributed by atoms with Gasteiger partial charge in [0.15, 0.2) is 0 Å². The average Bonchev–Trinajstić information content (AvgIpc) is 2.68. The summed E-state index contributed by atoms with van der Waals surface area (Å²) in [6.07, 6.45) is -0.807. The van der Waals surface area contributed by atoms with Crippen molar-refractivity contribution in [1.82, 2.24) is 5.32 Å². The van der Waals surface area contributed by atoms with Crippen molar-refractivity contribution in [2.24, 2.45) is 0 Å². The minimum Gasteiger partial charge on any atom is -0.495 e. The van der Waals surface area contributed by atoms with Gasteiger partial charge < -0.3 is 15.0 Å². The summed E-state index contributed by atoms with van der Waals surface area (Å²) in [5.74, 6) is -0.113. The summed E-state index contributed by atoms with van der Waals surface area (Å²) in [6, 6.07) is 14.8. The van der Waals surface area contributed by atoms with E-state index in [4.69, 9.17) is 4.74 Å². The summed E-state index contributed by atoms with van der Waals surface area (Å²) in [7, 11) is 1.50. The maximum atomic E-state index is 12.3. The molecule has 27 heavy (non-hydrogen) atoms. The van der Waals surface area contributed by atoms with Crippen LogP contribution < -0.4 is 15.0 Å². The Morgan fingerprint density at radius 2 is 2.04 bits per heavy atom. The zero-order chi connectivity index (χ0) is 19.6. The fraction of sp³-hybridized carbons (Fsp3) is 0.111. The molecule has 1 atom stereocenters. The fourth-order valence-corrected chi connectivity index (χ4v) is 3.20. The summed E-state index contributed by atoms with van der Waals surface area (Å²) >= 11 is 4.40. The summed E-state index contributed by atoms with van der Waals surface area (Å²) in [5.41, 5.74) is 0.740. The third-order valence-corrected chi connectivity index (χ3v) is 4.50. The third kappa shape index (κ3) is 3.30. The second-order valence-corrected chi connectivity index (χ2v) is 6.00. The first kappa shape index (κ1) is 18.3. The molecule has 0 fully saturated rings. The van der Waals surface area contributed by atoms with Crippen LogP contribution in [0.2, 0.25) is 0 Å². The fourth-order valence-electron chi connectivity index (χ4n) is 2.83. The topological polar surface area (TPSA) is 108 Å². The second kappa shape index (κ2) is 7.39. The number of nitriles is 1. The largest absolute Gasteiger partial charge is 0.495 e. The van der Waals surface area contributed by atoms with Crippen molar-refractivity contribution in [3.8, 4) is 11.8 Å². The zero-order valence-corrected chi connectivity index (χ0v) is 15.0. The minimum absolute atomic E-state index is 0.113. The molecule has 2 aromatic carbocycles. The standard InChI is InChI=1S/C18H14N4O4S/c1-26-15-8-3-2-7-14(15)21-16(20-17(23)13(10-19)18(21)27)11-5-4-6-12(9-11)22(24)25/h2-9,16,27H,1H3,(H,20,23). The number of ether oxygens (including phenoxy) is 1. The van der Waals surface area contributed by atoms with E-state index < -0.39 is 17.0 Å². The Hall–Kier alpha value is -3.51. The number of nitrogens with one attached hydrogen (secondary N) is 1. The van der Waals surface area contributed by atoms with Gasteiger partial charge in [0, 0.05) is 17.7 Å². The Morgan fingerprint density at radius 1 is 1.30 bits per heavy atom. The Bertz CT molecular complexity index is 999. The van der Waals surface area contributed by atoms with Crippen LogP contribution in [0.1, 0.15) is 11.7 Å². The van der Waals surface area contributed by atoms with Gasteiger partial charge in [-0.3, -0.25) is 14.9 Å². The number of nitro groups is 1. The van der Waals surface area contributed by atoms with Crippen LogP contribution >= 0.6 is 12.6 Å². The number of amides is 1. The number of rotatable bonds is 4. The van der Waals surface area contributed by atoms with Crippen LogP contribution in [-0.4, -0.2) is 17.9 Å². The van der Waals surface area contributed by atoms with E-state index in [9.17, 15) is 20.2 Å². The van der Waals surface area contributed by atoms with Crippen molar-refractivity contribution in [2.75, 3.05) is 12.0 Å². The molecule has 0 aromatic heterocycles. The number of hydrogen-bond acceptors (Lipinski definition) is 7. The van der Waals surface area contributed by atoms with Gasteiger partial charge in [-0.05, 0) is 12.1 Å². The van der Waals surface area contributed by atoms with E-state index in [1.165, 1.54) is 25.3 Å². The van der Waals surface area contributed by atoms with Crippen molar-refractivity contribution >= 4 is 29.9 Å². The van der Waals surface area contributed by atoms with Crippen molar-refractivity contribution in [3.05, 3.63) is 74.8 Å². The van der Waals surface area contributed by atoms with Gasteiger partial charge in [0.05, 0.1) is 22.7 Å². The lowest BCUT2D eigenvalue weighted by molar-refractivity contribution is -0.384. The van der Waals surface area contributed by atoms with E-state index in [0.29, 0.717) is 17.0 Å². The van der Waals surface area contributed by atoms with Crippen LogP contribution in [0.15, 0.2) is 59.1 Å². The molecule has 3 rings (SSSR count). The van der Waals surface area contributed by atoms with Crippen LogP contribution in [0.25, 0.3) is 0 Å². The first-order valence-corrected chi connectivity index (χ1v) is 8.23. The third-order valence-electron chi connectivity index (χ3n) is 4.06. The molecule has 1 aliphatic heterocycles. The SMILES string of the molecule is COc1ccccc1N1C(S)=C(C#N)C(=O)NC1c1cccc([N+](=O)[O-])c1. The molecule has 2 aromatic rings. The molecular formula is C18H14N4O4S. The van der Waals surface area contributed by atoms with Gasteiger partial charge in [-0.25, -0.2) is 0 Å². The highest BCUT2D eigenvalue weighted by Crippen LogP contribution is 2.40. The zero-order valence-electron chi connectivity index (χ0n) is 14.1. The summed E-state index contributed by atoms with van der Waals surface area (Å²) < 4.78 is 5.39. The molecule has 0 bridgehead atoms. The van der Waals surface area contributed by atoms with Crippen LogP contribution in [0, 0.1) is 21.4 Å². The predicted molar refractivity (Wildman–Crippen MR) is 101 cm³/mol. The highest BCUT2D eigenvalue weighted by Gasteiger charge is 2.35. The Kier molecular flexibility index (Phi) is 5.00. The number of methoxy groups -OCH3 is 1. The number of carbonyl (C=O) groups excluding carboxylic acids is 1. The number of para-hydroxylation sites is 2. The van der Waals surface area contributed by atoms with Gasteiger partial charge >= 0.3 is 0 Å². The number of carbonyl (C=O) groups is 1. The smallest absolute Gasteiger partial charge is 0.269 e. The molecule has 1 amide bonds. The Morgan fingerprint density at radius 3 is 2.70 bits per heavy atom. The number of anilines is 1. The van der Waals surface area contributed by atoms with E-state index in [-0.39, 0.29) is 16.3 Å². The molecule has 1 heterocycles. The molecule has 136 valence electrons. The quantitative estimate of drug-likeness (QED) is 0.478. The molecule has 1 aliphatic rings. The highest BCUT2D eigenvalue weighted by atomic mass is 32.1. The lowest BCUT2D eigenvalue weighted by Gasteiger charge is -2.38.